The molecule has 0 bridgehead atoms. The quantitative estimate of drug-likeness (QED) is 0.691. The Kier molecular flexibility index (Phi) is 5.28. The number of aryl methyl sites for hydroxylation is 2. The molecular weight excluding hydrogens is 314 g/mol. The van der Waals surface area contributed by atoms with E-state index >= 15 is 0 Å². The van der Waals surface area contributed by atoms with Gasteiger partial charge in [0.2, 0.25) is 0 Å². The Morgan fingerprint density at radius 1 is 1.28 bits per heavy atom. The molecule has 0 spiro atoms. The summed E-state index contributed by atoms with van der Waals surface area (Å²) >= 11 is 0. The molecule has 0 saturated carbocycles. The first kappa shape index (κ1) is 17.4. The Hall–Kier alpha value is -2.47. The molecule has 6 heteroatoms. The predicted octanol–water partition coefficient (Wildman–Crippen LogP) is 2.12. The van der Waals surface area contributed by atoms with Gasteiger partial charge in [0.1, 0.15) is 12.2 Å². The standard InChI is InChI=1S/C19H25N5O/c1-13(20-11-10-18-21-12-22-24(18)3)8-9-15-14(2)23-17-7-5-4-6-16(17)19(15)25/h4-7,12-13,20H,8-11H2,1-3H3,(H,23,25)/t13-/m0/s1. The van der Waals surface area contributed by atoms with Crippen molar-refractivity contribution < 1.29 is 0 Å². The van der Waals surface area contributed by atoms with Gasteiger partial charge in [-0.3, -0.25) is 9.48 Å². The number of aromatic nitrogens is 4. The second-order valence-corrected chi connectivity index (χ2v) is 6.55. The number of benzene rings is 1. The summed E-state index contributed by atoms with van der Waals surface area (Å²) in [6.45, 7) is 4.98. The number of pyridine rings is 1. The van der Waals surface area contributed by atoms with Crippen molar-refractivity contribution in [3.05, 3.63) is 57.9 Å². The minimum atomic E-state index is 0.151. The summed E-state index contributed by atoms with van der Waals surface area (Å²) in [7, 11) is 1.90. The molecule has 0 radical (unpaired) electrons. The third-order valence-corrected chi connectivity index (χ3v) is 4.69. The van der Waals surface area contributed by atoms with E-state index in [2.05, 4.69) is 27.3 Å². The summed E-state index contributed by atoms with van der Waals surface area (Å²) < 4.78 is 1.80. The lowest BCUT2D eigenvalue weighted by molar-refractivity contribution is 0.508. The van der Waals surface area contributed by atoms with E-state index < -0.39 is 0 Å². The highest BCUT2D eigenvalue weighted by molar-refractivity contribution is 5.79. The first-order valence-electron chi connectivity index (χ1n) is 8.73. The minimum Gasteiger partial charge on any atom is -0.358 e. The van der Waals surface area contributed by atoms with E-state index in [-0.39, 0.29) is 5.43 Å². The lowest BCUT2D eigenvalue weighted by Gasteiger charge is -2.14. The van der Waals surface area contributed by atoms with Gasteiger partial charge < -0.3 is 10.3 Å². The molecule has 1 atom stereocenters. The molecule has 2 aromatic heterocycles. The van der Waals surface area contributed by atoms with Crippen LogP contribution < -0.4 is 10.7 Å². The molecule has 2 heterocycles. The fraction of sp³-hybridized carbons (Fsp3) is 0.421. The summed E-state index contributed by atoms with van der Waals surface area (Å²) in [5.41, 5.74) is 2.91. The van der Waals surface area contributed by atoms with Crippen LogP contribution in [0, 0.1) is 6.92 Å². The number of rotatable bonds is 7. The normalized spacial score (nSPS) is 12.6. The van der Waals surface area contributed by atoms with Crippen molar-refractivity contribution in [3.63, 3.8) is 0 Å². The average molecular weight is 339 g/mol. The van der Waals surface area contributed by atoms with Crippen molar-refractivity contribution >= 4 is 10.9 Å². The zero-order valence-electron chi connectivity index (χ0n) is 15.0. The Morgan fingerprint density at radius 2 is 2.08 bits per heavy atom. The molecule has 0 fully saturated rings. The maximum Gasteiger partial charge on any atom is 0.192 e. The van der Waals surface area contributed by atoms with Gasteiger partial charge in [0, 0.05) is 48.2 Å². The smallest absolute Gasteiger partial charge is 0.192 e. The van der Waals surface area contributed by atoms with Crippen LogP contribution in [0.3, 0.4) is 0 Å². The van der Waals surface area contributed by atoms with E-state index in [4.69, 9.17) is 0 Å². The molecular formula is C19H25N5O. The molecule has 2 N–H and O–H groups in total. The van der Waals surface area contributed by atoms with Crippen LogP contribution >= 0.6 is 0 Å². The minimum absolute atomic E-state index is 0.151. The van der Waals surface area contributed by atoms with Crippen molar-refractivity contribution in [3.8, 4) is 0 Å². The second kappa shape index (κ2) is 7.61. The van der Waals surface area contributed by atoms with Gasteiger partial charge in [-0.2, -0.15) is 5.10 Å². The van der Waals surface area contributed by atoms with Gasteiger partial charge in [-0.15, -0.1) is 0 Å². The summed E-state index contributed by atoms with van der Waals surface area (Å²) in [5.74, 6) is 0.974. The number of fused-ring (bicyclic) bond motifs is 1. The molecule has 0 aliphatic heterocycles. The van der Waals surface area contributed by atoms with E-state index in [0.29, 0.717) is 6.04 Å². The van der Waals surface area contributed by atoms with Gasteiger partial charge in [0.05, 0.1) is 0 Å². The number of hydrogen-bond donors (Lipinski definition) is 2. The zero-order chi connectivity index (χ0) is 17.8. The molecule has 1 aromatic carbocycles. The van der Waals surface area contributed by atoms with Crippen LogP contribution in [0.2, 0.25) is 0 Å². The van der Waals surface area contributed by atoms with Crippen LogP contribution in [-0.4, -0.2) is 32.3 Å². The first-order valence-corrected chi connectivity index (χ1v) is 8.73. The molecule has 0 unspecified atom stereocenters. The molecule has 6 nitrogen and oxygen atoms in total. The Labute approximate surface area is 147 Å². The highest BCUT2D eigenvalue weighted by atomic mass is 16.1. The maximum absolute atomic E-state index is 12.7. The number of H-pyrrole nitrogens is 1. The molecule has 0 aliphatic rings. The SMILES string of the molecule is Cc1[nH]c2ccccc2c(=O)c1CC[C@H](C)NCCc1ncnn1C. The van der Waals surface area contributed by atoms with Crippen molar-refractivity contribution in [2.24, 2.45) is 7.05 Å². The molecule has 132 valence electrons. The van der Waals surface area contributed by atoms with Crippen LogP contribution in [0.15, 0.2) is 35.4 Å². The molecule has 3 aromatic rings. The third kappa shape index (κ3) is 3.96. The van der Waals surface area contributed by atoms with Gasteiger partial charge >= 0.3 is 0 Å². The van der Waals surface area contributed by atoms with Crippen LogP contribution in [0.25, 0.3) is 10.9 Å². The van der Waals surface area contributed by atoms with E-state index in [9.17, 15) is 4.79 Å². The number of nitrogens with zero attached hydrogens (tertiary/aromatic N) is 3. The van der Waals surface area contributed by atoms with E-state index in [1.807, 2.05) is 38.2 Å². The van der Waals surface area contributed by atoms with Crippen LogP contribution in [0.5, 0.6) is 0 Å². The van der Waals surface area contributed by atoms with Gasteiger partial charge in [0.25, 0.3) is 0 Å². The summed E-state index contributed by atoms with van der Waals surface area (Å²) in [6.07, 6.45) is 4.11. The summed E-state index contributed by atoms with van der Waals surface area (Å²) in [5, 5.41) is 8.34. The number of aromatic amines is 1. The second-order valence-electron chi connectivity index (χ2n) is 6.55. The van der Waals surface area contributed by atoms with Crippen molar-refractivity contribution in [1.82, 2.24) is 25.1 Å². The highest BCUT2D eigenvalue weighted by Crippen LogP contribution is 2.12. The molecule has 0 aliphatic carbocycles. The molecule has 25 heavy (non-hydrogen) atoms. The Bertz CT molecular complexity index is 912. The lowest BCUT2D eigenvalue weighted by Crippen LogP contribution is -2.29. The maximum atomic E-state index is 12.7. The Morgan fingerprint density at radius 3 is 2.84 bits per heavy atom. The summed E-state index contributed by atoms with van der Waals surface area (Å²) in [4.78, 5) is 20.3. The third-order valence-electron chi connectivity index (χ3n) is 4.69. The van der Waals surface area contributed by atoms with Gasteiger partial charge in [-0.1, -0.05) is 12.1 Å². The monoisotopic (exact) mass is 339 g/mol. The van der Waals surface area contributed by atoms with Crippen LogP contribution in [-0.2, 0) is 19.9 Å². The predicted molar refractivity (Wildman–Crippen MR) is 99.8 cm³/mol. The Balaban J connectivity index is 1.58. The van der Waals surface area contributed by atoms with Crippen molar-refractivity contribution in [2.45, 2.75) is 39.2 Å². The number of para-hydroxylation sites is 1. The summed E-state index contributed by atoms with van der Waals surface area (Å²) in [6, 6.07) is 8.02. The zero-order valence-corrected chi connectivity index (χ0v) is 15.0. The highest BCUT2D eigenvalue weighted by Gasteiger charge is 2.11. The molecule has 0 saturated heterocycles. The van der Waals surface area contributed by atoms with E-state index in [1.165, 1.54) is 0 Å². The fourth-order valence-corrected chi connectivity index (χ4v) is 3.14. The largest absolute Gasteiger partial charge is 0.358 e. The fourth-order valence-electron chi connectivity index (χ4n) is 3.14. The number of hydrogen-bond acceptors (Lipinski definition) is 4. The average Bonchev–Trinajstić information content (AvgIpc) is 3.00. The van der Waals surface area contributed by atoms with E-state index in [0.717, 1.165) is 53.8 Å². The van der Waals surface area contributed by atoms with Crippen LogP contribution in [0.1, 0.15) is 30.4 Å². The van der Waals surface area contributed by atoms with Gasteiger partial charge in [-0.25, -0.2) is 4.98 Å². The molecule has 3 rings (SSSR count). The van der Waals surface area contributed by atoms with Crippen LogP contribution in [0.4, 0.5) is 0 Å². The van der Waals surface area contributed by atoms with E-state index in [1.54, 1.807) is 11.0 Å². The topological polar surface area (TPSA) is 75.6 Å². The van der Waals surface area contributed by atoms with Crippen molar-refractivity contribution in [2.75, 3.05) is 6.54 Å². The molecule has 0 amide bonds. The first-order chi connectivity index (χ1) is 12.1. The number of nitrogens with one attached hydrogen (secondary N) is 2. The lowest BCUT2D eigenvalue weighted by atomic mass is 10.0. The van der Waals surface area contributed by atoms with Gasteiger partial charge in [-0.05, 0) is 38.8 Å². The van der Waals surface area contributed by atoms with Gasteiger partial charge in [0.15, 0.2) is 5.43 Å². The van der Waals surface area contributed by atoms with Crippen molar-refractivity contribution in [1.29, 1.82) is 0 Å².